The number of anilines is 1. The molecule has 0 unspecified atom stereocenters. The molecule has 0 aliphatic carbocycles. The number of aromatic amines is 1. The van der Waals surface area contributed by atoms with Gasteiger partial charge in [-0.2, -0.15) is 4.98 Å². The van der Waals surface area contributed by atoms with Crippen LogP contribution in [-0.4, -0.2) is 67.6 Å². The summed E-state index contributed by atoms with van der Waals surface area (Å²) in [6.07, 6.45) is 0.147. The SMILES string of the molecule is Cc1cn([C@H]2C[C@H](N=[N+]=[N-])[C@@H](COC(=O)CCC(=O)OC[C@@H]3O[C@H](n4ccc(N)nc4=O)CS3)O2)c(=O)[nH]c1=O. The fourth-order valence-electron chi connectivity index (χ4n) is 4.03. The monoisotopic (exact) mass is 578 g/mol. The highest BCUT2D eigenvalue weighted by Crippen LogP contribution is 2.32. The lowest BCUT2D eigenvalue weighted by atomic mass is 10.1. The molecule has 2 aromatic heterocycles. The van der Waals surface area contributed by atoms with Gasteiger partial charge in [-0.05, 0) is 18.5 Å². The number of aryl methyl sites for hydroxylation is 1. The number of carbonyl (C=O) groups excluding carboxylic acids is 2. The zero-order valence-corrected chi connectivity index (χ0v) is 22.0. The topological polar surface area (TPSA) is 236 Å². The third-order valence-corrected chi connectivity index (χ3v) is 7.17. The fourth-order valence-corrected chi connectivity index (χ4v) is 5.02. The van der Waals surface area contributed by atoms with Gasteiger partial charge in [0.05, 0.1) is 18.9 Å². The van der Waals surface area contributed by atoms with Gasteiger partial charge in [-0.25, -0.2) is 9.59 Å². The Labute approximate surface area is 229 Å². The van der Waals surface area contributed by atoms with Crippen LogP contribution in [0.2, 0.25) is 0 Å². The minimum atomic E-state index is -0.845. The van der Waals surface area contributed by atoms with Crippen LogP contribution in [0.5, 0.6) is 0 Å². The van der Waals surface area contributed by atoms with Crippen molar-refractivity contribution in [1.29, 1.82) is 0 Å². The molecule has 0 aromatic carbocycles. The van der Waals surface area contributed by atoms with Crippen LogP contribution in [0, 0.1) is 6.92 Å². The van der Waals surface area contributed by atoms with Crippen molar-refractivity contribution in [2.24, 2.45) is 5.11 Å². The molecule has 2 aromatic rings. The number of nitrogen functional groups attached to an aromatic ring is 1. The summed E-state index contributed by atoms with van der Waals surface area (Å²) >= 11 is 1.35. The Kier molecular flexibility index (Phi) is 9.26. The van der Waals surface area contributed by atoms with E-state index >= 15 is 0 Å². The second kappa shape index (κ2) is 12.8. The van der Waals surface area contributed by atoms with E-state index in [1.807, 2.05) is 0 Å². The van der Waals surface area contributed by atoms with Crippen LogP contribution in [0.1, 0.15) is 37.3 Å². The normalized spacial score (nSPS) is 23.9. The van der Waals surface area contributed by atoms with Gasteiger partial charge in [0.1, 0.15) is 43.0 Å². The number of nitrogens with one attached hydrogen (secondary N) is 1. The zero-order chi connectivity index (χ0) is 28.8. The number of H-pyrrole nitrogens is 1. The van der Waals surface area contributed by atoms with Gasteiger partial charge in [-0.15, -0.1) is 11.8 Å². The Hall–Kier alpha value is -4.12. The molecular formula is C22H26N8O9S. The fraction of sp³-hybridized carbons (Fsp3) is 0.545. The van der Waals surface area contributed by atoms with E-state index < -0.39 is 58.9 Å². The third-order valence-electron chi connectivity index (χ3n) is 6.08. The molecule has 40 heavy (non-hydrogen) atoms. The second-order valence-electron chi connectivity index (χ2n) is 8.88. The second-order valence-corrected chi connectivity index (χ2v) is 10.1. The molecule has 2 fully saturated rings. The summed E-state index contributed by atoms with van der Waals surface area (Å²) in [5, 5.41) is 3.66. The summed E-state index contributed by atoms with van der Waals surface area (Å²) in [6.45, 7) is 1.16. The molecule has 0 amide bonds. The molecule has 0 spiro atoms. The summed E-state index contributed by atoms with van der Waals surface area (Å²) in [4.78, 5) is 68.7. The van der Waals surface area contributed by atoms with Crippen molar-refractivity contribution in [1.82, 2.24) is 19.1 Å². The van der Waals surface area contributed by atoms with E-state index in [2.05, 4.69) is 20.0 Å². The van der Waals surface area contributed by atoms with E-state index in [9.17, 15) is 24.0 Å². The van der Waals surface area contributed by atoms with Crippen molar-refractivity contribution in [2.45, 2.75) is 56.2 Å². The number of rotatable bonds is 10. The van der Waals surface area contributed by atoms with Crippen molar-refractivity contribution in [3.8, 4) is 0 Å². The van der Waals surface area contributed by atoms with Crippen molar-refractivity contribution < 1.29 is 28.5 Å². The van der Waals surface area contributed by atoms with Crippen LogP contribution < -0.4 is 22.7 Å². The zero-order valence-electron chi connectivity index (χ0n) is 21.2. The van der Waals surface area contributed by atoms with E-state index in [1.165, 1.54) is 46.3 Å². The maximum absolute atomic E-state index is 12.2. The largest absolute Gasteiger partial charge is 0.463 e. The van der Waals surface area contributed by atoms with Gasteiger partial charge in [0.2, 0.25) is 0 Å². The van der Waals surface area contributed by atoms with Crippen molar-refractivity contribution in [2.75, 3.05) is 24.7 Å². The maximum Gasteiger partial charge on any atom is 0.351 e. The van der Waals surface area contributed by atoms with Crippen LogP contribution in [0.25, 0.3) is 10.4 Å². The first-order valence-corrected chi connectivity index (χ1v) is 13.1. The Morgan fingerprint density at radius 1 is 1.20 bits per heavy atom. The highest BCUT2D eigenvalue weighted by Gasteiger charge is 2.37. The highest BCUT2D eigenvalue weighted by molar-refractivity contribution is 8.00. The van der Waals surface area contributed by atoms with Crippen molar-refractivity contribution in [3.05, 3.63) is 65.8 Å². The number of nitrogens with zero attached hydrogens (tertiary/aromatic N) is 6. The minimum Gasteiger partial charge on any atom is -0.463 e. The molecule has 4 heterocycles. The highest BCUT2D eigenvalue weighted by atomic mass is 32.2. The number of ether oxygens (including phenoxy) is 4. The van der Waals surface area contributed by atoms with E-state index in [-0.39, 0.29) is 43.9 Å². The van der Waals surface area contributed by atoms with E-state index in [0.29, 0.717) is 5.75 Å². The van der Waals surface area contributed by atoms with Crippen LogP contribution in [0.15, 0.2) is 38.0 Å². The Balaban J connectivity index is 1.20. The van der Waals surface area contributed by atoms with Gasteiger partial charge in [0, 0.05) is 35.0 Å². The van der Waals surface area contributed by atoms with Gasteiger partial charge in [-0.1, -0.05) is 5.11 Å². The lowest BCUT2D eigenvalue weighted by Crippen LogP contribution is -2.33. The molecule has 17 nitrogen and oxygen atoms in total. The predicted molar refractivity (Wildman–Crippen MR) is 138 cm³/mol. The molecule has 18 heteroatoms. The smallest absolute Gasteiger partial charge is 0.351 e. The number of carbonyl (C=O) groups is 2. The van der Waals surface area contributed by atoms with E-state index in [0.717, 1.165) is 0 Å². The summed E-state index contributed by atoms with van der Waals surface area (Å²) in [5.41, 5.74) is 12.4. The molecule has 2 saturated heterocycles. The molecule has 2 aliphatic heterocycles. The Morgan fingerprint density at radius 2 is 1.93 bits per heavy atom. The Bertz CT molecular complexity index is 1480. The van der Waals surface area contributed by atoms with Gasteiger partial charge in [0.25, 0.3) is 5.56 Å². The number of nitrogens with two attached hydrogens (primary N) is 1. The van der Waals surface area contributed by atoms with Crippen molar-refractivity contribution in [3.63, 3.8) is 0 Å². The lowest BCUT2D eigenvalue weighted by molar-refractivity contribution is -0.154. The number of thioether (sulfide) groups is 1. The Morgan fingerprint density at radius 3 is 2.62 bits per heavy atom. The van der Waals surface area contributed by atoms with Gasteiger partial charge in [0.15, 0.2) is 0 Å². The quantitative estimate of drug-likeness (QED) is 0.165. The lowest BCUT2D eigenvalue weighted by Gasteiger charge is -2.17. The van der Waals surface area contributed by atoms with Gasteiger partial charge >= 0.3 is 23.3 Å². The predicted octanol–water partition coefficient (Wildman–Crippen LogP) is 0.105. The number of hydrogen-bond acceptors (Lipinski definition) is 13. The van der Waals surface area contributed by atoms with Crippen molar-refractivity contribution >= 4 is 29.5 Å². The molecular weight excluding hydrogens is 552 g/mol. The summed E-state index contributed by atoms with van der Waals surface area (Å²) in [6, 6.07) is 0.740. The minimum absolute atomic E-state index is 0.0824. The maximum atomic E-state index is 12.2. The van der Waals surface area contributed by atoms with Crippen LogP contribution >= 0.6 is 11.8 Å². The molecule has 0 bridgehead atoms. The summed E-state index contributed by atoms with van der Waals surface area (Å²) < 4.78 is 24.3. The summed E-state index contributed by atoms with van der Waals surface area (Å²) in [7, 11) is 0. The average molecular weight is 579 g/mol. The molecule has 3 N–H and O–H groups in total. The molecule has 5 atom stereocenters. The first kappa shape index (κ1) is 28.9. The number of azide groups is 1. The van der Waals surface area contributed by atoms with Crippen LogP contribution in [0.4, 0.5) is 5.82 Å². The summed E-state index contributed by atoms with van der Waals surface area (Å²) in [5.74, 6) is -0.809. The van der Waals surface area contributed by atoms with Gasteiger partial charge in [-0.3, -0.25) is 28.5 Å². The molecule has 4 rings (SSSR count). The van der Waals surface area contributed by atoms with E-state index in [4.69, 9.17) is 30.2 Å². The standard InChI is InChI=1S/C22H26N8O9S/c1-11-7-30(22(35)26-20(11)33)15-6-12(27-28-24)13(38-15)8-36-17(31)2-3-18(32)37-9-19-39-16(10-40-19)29-5-4-14(23)25-21(29)34/h4-5,7,12-13,15-16,19H,2-3,6,8-10H2,1H3,(H2,23,25,34)(H,26,33,35)/t12-,13+,15+,16-,19+/m0/s1. The number of aromatic nitrogens is 4. The first-order valence-electron chi connectivity index (χ1n) is 12.1. The first-order chi connectivity index (χ1) is 19.1. The van der Waals surface area contributed by atoms with Crippen LogP contribution in [0.3, 0.4) is 0 Å². The van der Waals surface area contributed by atoms with Gasteiger partial charge < -0.3 is 24.7 Å². The molecule has 0 radical (unpaired) electrons. The molecule has 2 aliphatic rings. The molecule has 0 saturated carbocycles. The number of hydrogen-bond donors (Lipinski definition) is 2. The molecule has 214 valence electrons. The average Bonchev–Trinajstić information content (AvgIpc) is 3.54. The number of esters is 2. The van der Waals surface area contributed by atoms with E-state index in [1.54, 1.807) is 0 Å². The van der Waals surface area contributed by atoms with Crippen LogP contribution in [-0.2, 0) is 28.5 Å². The third kappa shape index (κ3) is 7.09.